The summed E-state index contributed by atoms with van der Waals surface area (Å²) < 4.78 is 16.9. The molecule has 1 aliphatic rings. The Kier molecular flexibility index (Phi) is 5.08. The van der Waals surface area contributed by atoms with E-state index in [1.807, 2.05) is 66.7 Å². The Morgan fingerprint density at radius 3 is 2.59 bits per heavy atom. The third-order valence-corrected chi connectivity index (χ3v) is 4.87. The first-order chi connectivity index (χ1) is 14.2. The second-order valence-corrected chi connectivity index (χ2v) is 6.68. The van der Waals surface area contributed by atoms with Crippen LogP contribution in [0.3, 0.4) is 0 Å². The zero-order valence-electron chi connectivity index (χ0n) is 16.0. The maximum absolute atomic E-state index is 9.72. The third kappa shape index (κ3) is 3.74. The predicted molar refractivity (Wildman–Crippen MR) is 110 cm³/mol. The van der Waals surface area contributed by atoms with Gasteiger partial charge in [-0.25, -0.2) is 0 Å². The molecule has 0 fully saturated rings. The van der Waals surface area contributed by atoms with Crippen LogP contribution in [-0.4, -0.2) is 7.11 Å². The molecule has 5 heteroatoms. The fourth-order valence-corrected chi connectivity index (χ4v) is 3.43. The number of allylic oxidation sites excluding steroid dienone is 1. The number of ether oxygens (including phenoxy) is 3. The van der Waals surface area contributed by atoms with E-state index in [0.29, 0.717) is 23.7 Å². The first-order valence-electron chi connectivity index (χ1n) is 9.22. The summed E-state index contributed by atoms with van der Waals surface area (Å²) in [4.78, 5) is 0. The van der Waals surface area contributed by atoms with Gasteiger partial charge >= 0.3 is 0 Å². The molecule has 0 unspecified atom stereocenters. The lowest BCUT2D eigenvalue weighted by molar-refractivity contribution is 0.306. The summed E-state index contributed by atoms with van der Waals surface area (Å²) in [5.74, 6) is 1.74. The van der Waals surface area contributed by atoms with Gasteiger partial charge in [0.05, 0.1) is 13.0 Å². The maximum Gasteiger partial charge on any atom is 0.205 e. The highest BCUT2D eigenvalue weighted by molar-refractivity contribution is 5.57. The first kappa shape index (κ1) is 18.5. The highest BCUT2D eigenvalue weighted by Gasteiger charge is 2.31. The van der Waals surface area contributed by atoms with Crippen molar-refractivity contribution < 1.29 is 14.2 Å². The Bertz CT molecular complexity index is 1100. The van der Waals surface area contributed by atoms with Gasteiger partial charge in [-0.05, 0) is 29.3 Å². The van der Waals surface area contributed by atoms with Crippen molar-refractivity contribution in [2.24, 2.45) is 5.73 Å². The molecule has 0 spiro atoms. The topological polar surface area (TPSA) is 77.5 Å². The summed E-state index contributed by atoms with van der Waals surface area (Å²) in [5.41, 5.74) is 9.29. The molecule has 3 aromatic rings. The lowest BCUT2D eigenvalue weighted by Crippen LogP contribution is -2.21. The van der Waals surface area contributed by atoms with Gasteiger partial charge < -0.3 is 19.9 Å². The molecule has 2 N–H and O–H groups in total. The van der Waals surface area contributed by atoms with E-state index in [-0.39, 0.29) is 11.8 Å². The van der Waals surface area contributed by atoms with Gasteiger partial charge in [-0.15, -0.1) is 0 Å². The largest absolute Gasteiger partial charge is 0.497 e. The Morgan fingerprint density at radius 2 is 1.83 bits per heavy atom. The van der Waals surface area contributed by atoms with E-state index in [0.717, 1.165) is 22.4 Å². The fraction of sp³-hybridized carbons (Fsp3) is 0.125. The molecule has 4 rings (SSSR count). The second-order valence-electron chi connectivity index (χ2n) is 6.68. The Labute approximate surface area is 169 Å². The van der Waals surface area contributed by atoms with E-state index in [1.165, 1.54) is 0 Å². The van der Waals surface area contributed by atoms with Gasteiger partial charge in [0.2, 0.25) is 5.88 Å². The summed E-state index contributed by atoms with van der Waals surface area (Å²) in [6, 6.07) is 25.4. The summed E-state index contributed by atoms with van der Waals surface area (Å²) in [6.45, 7) is 0.467. The normalized spacial score (nSPS) is 15.1. The molecule has 0 aromatic heterocycles. The smallest absolute Gasteiger partial charge is 0.205 e. The number of hydrogen-bond acceptors (Lipinski definition) is 5. The lowest BCUT2D eigenvalue weighted by Gasteiger charge is -2.27. The average Bonchev–Trinajstić information content (AvgIpc) is 2.77. The number of nitrogens with two attached hydrogens (primary N) is 1. The van der Waals surface area contributed by atoms with Crippen LogP contribution in [0.1, 0.15) is 22.6 Å². The Morgan fingerprint density at radius 1 is 1.00 bits per heavy atom. The van der Waals surface area contributed by atoms with E-state index >= 15 is 0 Å². The number of benzene rings is 3. The van der Waals surface area contributed by atoms with Gasteiger partial charge in [0.25, 0.3) is 0 Å². The summed E-state index contributed by atoms with van der Waals surface area (Å²) >= 11 is 0. The number of fused-ring (bicyclic) bond motifs is 1. The van der Waals surface area contributed by atoms with E-state index in [2.05, 4.69) is 6.07 Å². The summed E-state index contributed by atoms with van der Waals surface area (Å²) in [5, 5.41) is 9.72. The molecule has 1 aliphatic heterocycles. The van der Waals surface area contributed by atoms with Crippen LogP contribution in [0.2, 0.25) is 0 Å². The van der Waals surface area contributed by atoms with Crippen LogP contribution in [0.4, 0.5) is 0 Å². The van der Waals surface area contributed by atoms with Crippen molar-refractivity contribution >= 4 is 0 Å². The van der Waals surface area contributed by atoms with Gasteiger partial charge in [0, 0.05) is 11.6 Å². The molecular weight excluding hydrogens is 364 g/mol. The van der Waals surface area contributed by atoms with Crippen LogP contribution < -0.4 is 19.9 Å². The molecular formula is C24H20N2O3. The standard InChI is InChI=1S/C24H20N2O3/c1-27-18-10-11-20-22(13-18)29-24(26)21(14-25)23(20)17-8-5-9-19(12-17)28-15-16-6-3-2-4-7-16/h2-13,23H,15,26H2,1H3/t23-/m0/s1. The van der Waals surface area contributed by atoms with Crippen molar-refractivity contribution in [3.05, 3.63) is 101 Å². The maximum atomic E-state index is 9.72. The number of methoxy groups -OCH3 is 1. The van der Waals surface area contributed by atoms with Crippen molar-refractivity contribution in [2.75, 3.05) is 7.11 Å². The molecule has 0 radical (unpaired) electrons. The Hall–Kier alpha value is -3.91. The van der Waals surface area contributed by atoms with Crippen LogP contribution in [0.15, 0.2) is 84.3 Å². The molecule has 144 valence electrons. The fourth-order valence-electron chi connectivity index (χ4n) is 3.43. The van der Waals surface area contributed by atoms with Crippen molar-refractivity contribution in [1.29, 1.82) is 5.26 Å². The molecule has 0 amide bonds. The molecule has 3 aromatic carbocycles. The third-order valence-electron chi connectivity index (χ3n) is 4.87. The Balaban J connectivity index is 1.69. The van der Waals surface area contributed by atoms with E-state index in [1.54, 1.807) is 13.2 Å². The first-order valence-corrected chi connectivity index (χ1v) is 9.22. The van der Waals surface area contributed by atoms with E-state index < -0.39 is 0 Å². The zero-order chi connectivity index (χ0) is 20.2. The number of nitrogens with zero attached hydrogens (tertiary/aromatic N) is 1. The molecule has 0 bridgehead atoms. The highest BCUT2D eigenvalue weighted by atomic mass is 16.5. The SMILES string of the molecule is COc1ccc2c(c1)OC(N)=C(C#N)[C@H]2c1cccc(OCc2ccccc2)c1. The van der Waals surface area contributed by atoms with Gasteiger partial charge in [0.1, 0.15) is 35.5 Å². The summed E-state index contributed by atoms with van der Waals surface area (Å²) in [7, 11) is 1.59. The lowest BCUT2D eigenvalue weighted by atomic mass is 9.83. The van der Waals surface area contributed by atoms with Crippen LogP contribution in [0.5, 0.6) is 17.2 Å². The van der Waals surface area contributed by atoms with Gasteiger partial charge in [-0.3, -0.25) is 0 Å². The van der Waals surface area contributed by atoms with Crippen LogP contribution in [0, 0.1) is 11.3 Å². The number of nitriles is 1. The minimum absolute atomic E-state index is 0.105. The van der Waals surface area contributed by atoms with Crippen molar-refractivity contribution in [3.63, 3.8) is 0 Å². The monoisotopic (exact) mass is 384 g/mol. The summed E-state index contributed by atoms with van der Waals surface area (Å²) in [6.07, 6.45) is 0. The average molecular weight is 384 g/mol. The van der Waals surface area contributed by atoms with Crippen molar-refractivity contribution in [2.45, 2.75) is 12.5 Å². The molecule has 1 atom stereocenters. The second kappa shape index (κ2) is 7.99. The van der Waals surface area contributed by atoms with Gasteiger partial charge in [-0.1, -0.05) is 48.5 Å². The molecule has 0 saturated carbocycles. The van der Waals surface area contributed by atoms with Crippen LogP contribution in [0.25, 0.3) is 0 Å². The molecule has 29 heavy (non-hydrogen) atoms. The van der Waals surface area contributed by atoms with E-state index in [4.69, 9.17) is 19.9 Å². The molecule has 1 heterocycles. The van der Waals surface area contributed by atoms with Gasteiger partial charge in [0.15, 0.2) is 0 Å². The van der Waals surface area contributed by atoms with Crippen molar-refractivity contribution in [3.8, 4) is 23.3 Å². The zero-order valence-corrected chi connectivity index (χ0v) is 16.0. The predicted octanol–water partition coefficient (Wildman–Crippen LogP) is 4.49. The molecule has 5 nitrogen and oxygen atoms in total. The minimum atomic E-state index is -0.338. The van der Waals surface area contributed by atoms with E-state index in [9.17, 15) is 5.26 Å². The molecule has 0 saturated heterocycles. The number of hydrogen-bond donors (Lipinski definition) is 1. The quantitative estimate of drug-likeness (QED) is 0.701. The van der Waals surface area contributed by atoms with Crippen LogP contribution in [-0.2, 0) is 6.61 Å². The number of rotatable bonds is 5. The van der Waals surface area contributed by atoms with Crippen LogP contribution >= 0.6 is 0 Å². The highest BCUT2D eigenvalue weighted by Crippen LogP contribution is 2.43. The van der Waals surface area contributed by atoms with Crippen molar-refractivity contribution in [1.82, 2.24) is 0 Å². The van der Waals surface area contributed by atoms with Gasteiger partial charge in [-0.2, -0.15) is 5.26 Å². The minimum Gasteiger partial charge on any atom is -0.497 e. The molecule has 0 aliphatic carbocycles.